The largest absolute Gasteiger partial charge is 0.312 e. The van der Waals surface area contributed by atoms with Crippen LogP contribution in [-0.2, 0) is 19.4 Å². The predicted octanol–water partition coefficient (Wildman–Crippen LogP) is 3.82. The second-order valence-corrected chi connectivity index (χ2v) is 7.83. The second-order valence-electron chi connectivity index (χ2n) is 6.94. The highest BCUT2D eigenvalue weighted by molar-refractivity contribution is 7.13. The molecule has 3 aromatic heterocycles. The van der Waals surface area contributed by atoms with Crippen LogP contribution in [0.2, 0.25) is 0 Å². The first kappa shape index (κ1) is 17.2. The van der Waals surface area contributed by atoms with Crippen molar-refractivity contribution in [2.45, 2.75) is 19.4 Å². The summed E-state index contributed by atoms with van der Waals surface area (Å²) >= 11 is 1.56. The molecule has 0 unspecified atom stereocenters. The van der Waals surface area contributed by atoms with Gasteiger partial charge in [-0.15, -0.1) is 11.3 Å². The van der Waals surface area contributed by atoms with E-state index in [-0.39, 0.29) is 12.2 Å². The van der Waals surface area contributed by atoms with Crippen molar-refractivity contribution in [3.63, 3.8) is 0 Å². The number of rotatable bonds is 4. The number of aromatic nitrogens is 3. The van der Waals surface area contributed by atoms with E-state index in [1.807, 2.05) is 36.5 Å². The number of carbonyl (C=O) groups excluding carboxylic acids is 1. The molecule has 0 amide bonds. The Morgan fingerprint density at radius 3 is 2.96 bits per heavy atom. The zero-order chi connectivity index (χ0) is 18.9. The van der Waals surface area contributed by atoms with Crippen LogP contribution in [-0.4, -0.2) is 27.3 Å². The van der Waals surface area contributed by atoms with Crippen molar-refractivity contribution >= 4 is 28.0 Å². The average Bonchev–Trinajstić information content (AvgIpc) is 3.28. The topological polar surface area (TPSA) is 67.8 Å². The van der Waals surface area contributed by atoms with Crippen molar-refractivity contribution in [3.8, 4) is 10.6 Å². The Labute approximate surface area is 166 Å². The minimum absolute atomic E-state index is 0.0823. The molecule has 1 aliphatic rings. The number of thiazole rings is 1. The Bertz CT molecular complexity index is 1170. The van der Waals surface area contributed by atoms with Gasteiger partial charge in [-0.05, 0) is 48.4 Å². The molecule has 138 valence electrons. The van der Waals surface area contributed by atoms with E-state index in [1.165, 1.54) is 11.1 Å². The molecule has 5 nitrogen and oxygen atoms in total. The van der Waals surface area contributed by atoms with Crippen LogP contribution in [0.3, 0.4) is 0 Å². The average molecular weight is 386 g/mol. The maximum atomic E-state index is 12.8. The molecule has 28 heavy (non-hydrogen) atoms. The summed E-state index contributed by atoms with van der Waals surface area (Å²) in [6.45, 7) is 1.83. The van der Waals surface area contributed by atoms with Gasteiger partial charge in [-0.25, -0.2) is 4.98 Å². The number of nitrogens with one attached hydrogen (secondary N) is 1. The summed E-state index contributed by atoms with van der Waals surface area (Å²) in [5.74, 6) is 0.0823. The minimum Gasteiger partial charge on any atom is -0.312 e. The molecular weight excluding hydrogens is 368 g/mol. The van der Waals surface area contributed by atoms with E-state index >= 15 is 0 Å². The molecule has 1 aromatic carbocycles. The molecule has 6 heteroatoms. The van der Waals surface area contributed by atoms with Crippen molar-refractivity contribution in [1.82, 2.24) is 20.3 Å². The molecule has 4 aromatic rings. The van der Waals surface area contributed by atoms with Crippen LogP contribution in [0.4, 0.5) is 0 Å². The number of carbonyl (C=O) groups is 1. The quantitative estimate of drug-likeness (QED) is 0.540. The lowest BCUT2D eigenvalue weighted by Gasteiger charge is -2.17. The van der Waals surface area contributed by atoms with Crippen molar-refractivity contribution in [3.05, 3.63) is 76.7 Å². The normalized spacial score (nSPS) is 13.4. The van der Waals surface area contributed by atoms with Crippen LogP contribution >= 0.6 is 11.3 Å². The van der Waals surface area contributed by atoms with Gasteiger partial charge in [-0.2, -0.15) is 0 Å². The summed E-state index contributed by atoms with van der Waals surface area (Å²) in [5, 5.41) is 4.32. The van der Waals surface area contributed by atoms with Gasteiger partial charge in [0.25, 0.3) is 0 Å². The summed E-state index contributed by atoms with van der Waals surface area (Å²) < 4.78 is 0. The maximum absolute atomic E-state index is 12.8. The van der Waals surface area contributed by atoms with Crippen LogP contribution in [0.15, 0.2) is 54.3 Å². The first-order valence-electron chi connectivity index (χ1n) is 9.26. The smallest absolute Gasteiger partial charge is 0.168 e. The second kappa shape index (κ2) is 7.22. The highest BCUT2D eigenvalue weighted by Crippen LogP contribution is 2.24. The Hall–Kier alpha value is -2.96. The molecule has 0 atom stereocenters. The molecule has 5 rings (SSSR count). The van der Waals surface area contributed by atoms with Crippen molar-refractivity contribution < 1.29 is 4.79 Å². The summed E-state index contributed by atoms with van der Waals surface area (Å²) in [6, 6.07) is 11.9. The Morgan fingerprint density at radius 1 is 1.11 bits per heavy atom. The van der Waals surface area contributed by atoms with E-state index in [1.54, 1.807) is 23.0 Å². The van der Waals surface area contributed by atoms with Crippen LogP contribution < -0.4 is 5.32 Å². The molecule has 0 aliphatic carbocycles. The summed E-state index contributed by atoms with van der Waals surface area (Å²) in [5.41, 5.74) is 7.57. The van der Waals surface area contributed by atoms with Gasteiger partial charge in [-0.1, -0.05) is 12.1 Å². The van der Waals surface area contributed by atoms with E-state index in [0.717, 1.165) is 52.2 Å². The Kier molecular flexibility index (Phi) is 4.43. The lowest BCUT2D eigenvalue weighted by molar-refractivity contribution is 0.0992. The first-order valence-corrected chi connectivity index (χ1v) is 10.1. The van der Waals surface area contributed by atoms with Gasteiger partial charge >= 0.3 is 0 Å². The number of benzene rings is 1. The summed E-state index contributed by atoms with van der Waals surface area (Å²) in [7, 11) is 0. The van der Waals surface area contributed by atoms with Crippen molar-refractivity contribution in [1.29, 1.82) is 0 Å². The fraction of sp³-hybridized carbons (Fsp3) is 0.182. The van der Waals surface area contributed by atoms with E-state index < -0.39 is 0 Å². The number of Topliss-reactive ketones (excluding diaryl/α,β-unsaturated/α-hetero) is 1. The molecule has 0 saturated carbocycles. The molecular formula is C22H18N4OS. The molecule has 4 heterocycles. The lowest BCUT2D eigenvalue weighted by atomic mass is 9.96. The van der Waals surface area contributed by atoms with E-state index in [4.69, 9.17) is 4.98 Å². The van der Waals surface area contributed by atoms with Gasteiger partial charge in [0.05, 0.1) is 33.7 Å². The zero-order valence-corrected chi connectivity index (χ0v) is 16.0. The van der Waals surface area contributed by atoms with Gasteiger partial charge in [0.1, 0.15) is 0 Å². The number of hydrogen-bond donors (Lipinski definition) is 1. The highest BCUT2D eigenvalue weighted by Gasteiger charge is 2.14. The SMILES string of the molecule is O=C(Cc1cc2nc(-c3cncs3)ccc2cn1)c1ccc2c(c1)CNCC2. The van der Waals surface area contributed by atoms with Crippen LogP contribution in [0.1, 0.15) is 27.2 Å². The van der Waals surface area contributed by atoms with Crippen LogP contribution in [0.5, 0.6) is 0 Å². The molecule has 0 bridgehead atoms. The third-order valence-electron chi connectivity index (χ3n) is 5.07. The van der Waals surface area contributed by atoms with Crippen LogP contribution in [0, 0.1) is 0 Å². The minimum atomic E-state index is 0.0823. The Balaban J connectivity index is 1.42. The van der Waals surface area contributed by atoms with Crippen LogP contribution in [0.25, 0.3) is 21.5 Å². The third kappa shape index (κ3) is 3.32. The van der Waals surface area contributed by atoms with Gasteiger partial charge in [0.2, 0.25) is 0 Å². The van der Waals surface area contributed by atoms with Crippen molar-refractivity contribution in [2.75, 3.05) is 6.54 Å². The molecule has 0 saturated heterocycles. The summed E-state index contributed by atoms with van der Waals surface area (Å²) in [4.78, 5) is 27.1. The molecule has 0 fully saturated rings. The molecule has 0 spiro atoms. The number of pyridine rings is 2. The number of fused-ring (bicyclic) bond motifs is 2. The lowest BCUT2D eigenvalue weighted by Crippen LogP contribution is -2.24. The molecule has 0 radical (unpaired) electrons. The molecule has 1 aliphatic heterocycles. The fourth-order valence-corrected chi connectivity index (χ4v) is 4.15. The number of hydrogen-bond acceptors (Lipinski definition) is 6. The Morgan fingerprint density at radius 2 is 2.07 bits per heavy atom. The van der Waals surface area contributed by atoms with Gasteiger partial charge in [-0.3, -0.25) is 14.8 Å². The fourth-order valence-electron chi connectivity index (χ4n) is 3.55. The zero-order valence-electron chi connectivity index (χ0n) is 15.2. The standard InChI is InChI=1S/C22H18N4OS/c27-21(15-2-1-14-5-6-23-10-17(14)7-15)9-18-8-20-16(11-25-18)3-4-19(26-20)22-12-24-13-28-22/h1-4,7-8,11-13,23H,5-6,9-10H2. The van der Waals surface area contributed by atoms with Crippen molar-refractivity contribution in [2.24, 2.45) is 0 Å². The number of ketones is 1. The van der Waals surface area contributed by atoms with E-state index in [2.05, 4.69) is 21.4 Å². The van der Waals surface area contributed by atoms with Gasteiger partial charge < -0.3 is 5.32 Å². The highest BCUT2D eigenvalue weighted by atomic mass is 32.1. The maximum Gasteiger partial charge on any atom is 0.168 e. The van der Waals surface area contributed by atoms with Gasteiger partial charge in [0, 0.05) is 29.9 Å². The number of nitrogens with zero attached hydrogens (tertiary/aromatic N) is 3. The first-order chi connectivity index (χ1) is 13.8. The summed E-state index contributed by atoms with van der Waals surface area (Å²) in [6.07, 6.45) is 4.89. The van der Waals surface area contributed by atoms with Gasteiger partial charge in [0.15, 0.2) is 5.78 Å². The third-order valence-corrected chi connectivity index (χ3v) is 5.87. The van der Waals surface area contributed by atoms with E-state index in [0.29, 0.717) is 0 Å². The predicted molar refractivity (Wildman–Crippen MR) is 111 cm³/mol. The van der Waals surface area contributed by atoms with E-state index in [9.17, 15) is 4.79 Å². The monoisotopic (exact) mass is 386 g/mol. The molecule has 1 N–H and O–H groups in total.